The van der Waals surface area contributed by atoms with Crippen LogP contribution in [0.15, 0.2) is 36.7 Å². The Morgan fingerprint density at radius 1 is 1.17 bits per heavy atom. The van der Waals surface area contributed by atoms with Crippen molar-refractivity contribution < 1.29 is 9.13 Å². The van der Waals surface area contributed by atoms with Crippen LogP contribution in [-0.4, -0.2) is 16.5 Å². The van der Waals surface area contributed by atoms with Gasteiger partial charge in [-0.15, -0.1) is 0 Å². The van der Waals surface area contributed by atoms with Crippen LogP contribution in [0.25, 0.3) is 11.1 Å². The van der Waals surface area contributed by atoms with Crippen LogP contribution in [0, 0.1) is 5.82 Å². The van der Waals surface area contributed by atoms with Crippen LogP contribution in [0.5, 0.6) is 5.75 Å². The van der Waals surface area contributed by atoms with E-state index in [9.17, 15) is 4.39 Å². The van der Waals surface area contributed by atoms with Crippen molar-refractivity contribution in [3.05, 3.63) is 69.3 Å². The number of pyridine rings is 2. The Morgan fingerprint density at radius 2 is 1.93 bits per heavy atom. The highest BCUT2D eigenvalue weighted by Crippen LogP contribution is 2.37. The first-order valence-corrected chi connectivity index (χ1v) is 9.94. The molecule has 0 unspecified atom stereocenters. The van der Waals surface area contributed by atoms with Gasteiger partial charge >= 0.3 is 0 Å². The molecule has 3 heterocycles. The van der Waals surface area contributed by atoms with E-state index >= 15 is 0 Å². The number of anilines is 1. The number of nitrogens with zero attached hydrogens (tertiary/aromatic N) is 2. The monoisotopic (exact) mass is 432 g/mol. The van der Waals surface area contributed by atoms with Crippen LogP contribution in [0.4, 0.5) is 10.2 Å². The smallest absolute Gasteiger partial charge is 0.166 e. The lowest BCUT2D eigenvalue weighted by Crippen LogP contribution is -2.24. The number of benzene rings is 1. The lowest BCUT2D eigenvalue weighted by Gasteiger charge is -2.20. The van der Waals surface area contributed by atoms with Gasteiger partial charge in [-0.1, -0.05) is 23.2 Å². The molecule has 1 aliphatic heterocycles. The highest BCUT2D eigenvalue weighted by Gasteiger charge is 2.20. The van der Waals surface area contributed by atoms with Crippen LogP contribution in [0.3, 0.4) is 0 Å². The van der Waals surface area contributed by atoms with E-state index in [1.165, 1.54) is 17.7 Å². The Hall–Kier alpha value is -2.41. The van der Waals surface area contributed by atoms with Crippen molar-refractivity contribution >= 4 is 29.0 Å². The maximum Gasteiger partial charge on any atom is 0.166 e. The number of fused-ring (bicyclic) bond motifs is 1. The van der Waals surface area contributed by atoms with Gasteiger partial charge in [-0.25, -0.2) is 9.37 Å². The second-order valence-electron chi connectivity index (χ2n) is 6.88. The van der Waals surface area contributed by atoms with E-state index in [1.807, 2.05) is 6.20 Å². The quantitative estimate of drug-likeness (QED) is 0.570. The van der Waals surface area contributed by atoms with Gasteiger partial charge in [-0.3, -0.25) is 4.98 Å². The second-order valence-corrected chi connectivity index (χ2v) is 7.67. The van der Waals surface area contributed by atoms with E-state index in [0.29, 0.717) is 16.3 Å². The molecule has 1 aromatic carbocycles. The molecule has 0 saturated heterocycles. The van der Waals surface area contributed by atoms with Crippen molar-refractivity contribution in [2.24, 2.45) is 0 Å². The van der Waals surface area contributed by atoms with Crippen molar-refractivity contribution in [1.29, 1.82) is 0 Å². The van der Waals surface area contributed by atoms with Crippen LogP contribution in [-0.2, 0) is 13.0 Å². The number of nitrogens with one attached hydrogen (secondary N) is 1. The highest BCUT2D eigenvalue weighted by molar-refractivity contribution is 6.36. The zero-order chi connectivity index (χ0) is 20.5. The van der Waals surface area contributed by atoms with Gasteiger partial charge in [0.15, 0.2) is 11.6 Å². The Labute approximate surface area is 178 Å². The fourth-order valence-electron chi connectivity index (χ4n) is 3.38. The Kier molecular flexibility index (Phi) is 5.58. The van der Waals surface area contributed by atoms with Crippen LogP contribution in [0.2, 0.25) is 10.0 Å². The average molecular weight is 433 g/mol. The molecule has 0 spiro atoms. The first-order valence-electron chi connectivity index (χ1n) is 9.18. The van der Waals surface area contributed by atoms with E-state index in [2.05, 4.69) is 21.4 Å². The fraction of sp³-hybridized carbons (Fsp3) is 0.238. The molecule has 0 amide bonds. The molecule has 0 bridgehead atoms. The number of aromatic nitrogens is 2. The largest absolute Gasteiger partial charge is 0.482 e. The molecule has 0 aliphatic carbocycles. The maximum atomic E-state index is 13.9. The van der Waals surface area contributed by atoms with E-state index in [1.54, 1.807) is 19.2 Å². The molecule has 1 aliphatic rings. The van der Waals surface area contributed by atoms with Gasteiger partial charge in [0, 0.05) is 59.3 Å². The van der Waals surface area contributed by atoms with E-state index in [-0.39, 0.29) is 10.8 Å². The number of halogens is 3. The van der Waals surface area contributed by atoms with Crippen molar-refractivity contribution in [2.75, 3.05) is 12.3 Å². The van der Waals surface area contributed by atoms with Gasteiger partial charge in [0.25, 0.3) is 0 Å². The van der Waals surface area contributed by atoms with Crippen molar-refractivity contribution in [3.8, 4) is 16.9 Å². The average Bonchev–Trinajstić information content (AvgIpc) is 2.72. The van der Waals surface area contributed by atoms with E-state index in [4.69, 9.17) is 33.7 Å². The summed E-state index contributed by atoms with van der Waals surface area (Å²) in [5.74, 6) is 0.0224. The zero-order valence-corrected chi connectivity index (χ0v) is 17.2. The molecule has 3 aromatic rings. The summed E-state index contributed by atoms with van der Waals surface area (Å²) in [6, 6.07) is 6.55. The molecular weight excluding hydrogens is 414 g/mol. The van der Waals surface area contributed by atoms with Gasteiger partial charge in [0.05, 0.1) is 5.02 Å². The molecule has 1 atom stereocenters. The molecule has 4 rings (SSSR count). The Balaban J connectivity index is 1.65. The summed E-state index contributed by atoms with van der Waals surface area (Å²) in [4.78, 5) is 8.82. The third kappa shape index (κ3) is 4.01. The lowest BCUT2D eigenvalue weighted by atomic mass is 10.0. The van der Waals surface area contributed by atoms with Crippen molar-refractivity contribution in [2.45, 2.75) is 26.0 Å². The van der Waals surface area contributed by atoms with Crippen LogP contribution >= 0.6 is 23.2 Å². The molecule has 150 valence electrons. The molecular formula is C21H19Cl2FN4O. The summed E-state index contributed by atoms with van der Waals surface area (Å²) in [5.41, 5.74) is 10.4. The highest BCUT2D eigenvalue weighted by atomic mass is 35.5. The van der Waals surface area contributed by atoms with Gasteiger partial charge in [-0.05, 0) is 36.8 Å². The summed E-state index contributed by atoms with van der Waals surface area (Å²) in [6.07, 6.45) is 3.78. The minimum absolute atomic E-state index is 0.0703. The maximum absolute atomic E-state index is 13.9. The van der Waals surface area contributed by atoms with Crippen LogP contribution in [0.1, 0.15) is 29.8 Å². The van der Waals surface area contributed by atoms with Gasteiger partial charge in [0.1, 0.15) is 11.9 Å². The number of ether oxygens (including phenoxy) is 1. The molecule has 5 nitrogen and oxygen atoms in total. The van der Waals surface area contributed by atoms with E-state index < -0.39 is 11.9 Å². The van der Waals surface area contributed by atoms with E-state index in [0.717, 1.165) is 36.3 Å². The standard InChI is InChI=1S/C21H19Cl2FN4O/c1-11(19-15(22)2-3-16(24)20(19)23)29-18-7-13(10-28-21(18)25)12-6-14-8-26-5-4-17(14)27-9-12/h2-3,6-7,9-11,26H,4-5,8H2,1H3,(H2,25,28)/t11-/m1/s1. The first-order chi connectivity index (χ1) is 13.9. The second kappa shape index (κ2) is 8.14. The fourth-order valence-corrected chi connectivity index (χ4v) is 4.05. The summed E-state index contributed by atoms with van der Waals surface area (Å²) < 4.78 is 19.8. The van der Waals surface area contributed by atoms with Crippen molar-refractivity contribution in [1.82, 2.24) is 15.3 Å². The minimum Gasteiger partial charge on any atom is -0.482 e. The summed E-state index contributed by atoms with van der Waals surface area (Å²) in [5, 5.41) is 3.59. The van der Waals surface area contributed by atoms with Gasteiger partial charge < -0.3 is 15.8 Å². The third-order valence-corrected chi connectivity index (χ3v) is 5.63. The Bertz CT molecular complexity index is 1080. The van der Waals surface area contributed by atoms with Gasteiger partial charge in [-0.2, -0.15) is 0 Å². The number of hydrogen-bond donors (Lipinski definition) is 2. The summed E-state index contributed by atoms with van der Waals surface area (Å²) >= 11 is 12.3. The number of nitrogen functional groups attached to an aromatic ring is 1. The molecule has 3 N–H and O–H groups in total. The molecule has 29 heavy (non-hydrogen) atoms. The zero-order valence-electron chi connectivity index (χ0n) is 15.7. The first kappa shape index (κ1) is 19.9. The summed E-state index contributed by atoms with van der Waals surface area (Å²) in [6.45, 7) is 3.45. The number of hydrogen-bond acceptors (Lipinski definition) is 5. The molecule has 0 fully saturated rings. The SMILES string of the molecule is C[C@@H](Oc1cc(-c2cnc3c(c2)CNCC3)cnc1N)c1c(Cl)ccc(F)c1Cl. The third-order valence-electron chi connectivity index (χ3n) is 4.92. The molecule has 0 saturated carbocycles. The summed E-state index contributed by atoms with van der Waals surface area (Å²) in [7, 11) is 0. The number of nitrogens with two attached hydrogens (primary N) is 1. The lowest BCUT2D eigenvalue weighted by molar-refractivity contribution is 0.227. The predicted octanol–water partition coefficient (Wildman–Crippen LogP) is 4.96. The topological polar surface area (TPSA) is 73.1 Å². The predicted molar refractivity (Wildman–Crippen MR) is 113 cm³/mol. The number of rotatable bonds is 4. The normalized spacial score (nSPS) is 14.3. The Morgan fingerprint density at radius 3 is 2.76 bits per heavy atom. The van der Waals surface area contributed by atoms with Crippen LogP contribution < -0.4 is 15.8 Å². The molecule has 8 heteroatoms. The van der Waals surface area contributed by atoms with Crippen molar-refractivity contribution in [3.63, 3.8) is 0 Å². The molecule has 0 radical (unpaired) electrons. The minimum atomic E-state index is -0.629. The molecule has 2 aromatic heterocycles. The van der Waals surface area contributed by atoms with Gasteiger partial charge in [0.2, 0.25) is 0 Å².